The van der Waals surface area contributed by atoms with Gasteiger partial charge < -0.3 is 9.15 Å². The number of hydrogen-bond acceptors (Lipinski definition) is 8. The zero-order chi connectivity index (χ0) is 21.9. The highest BCUT2D eigenvalue weighted by Gasteiger charge is 2.19. The van der Waals surface area contributed by atoms with Crippen LogP contribution in [0, 0.1) is 0 Å². The maximum Gasteiger partial charge on any atom is 0.339 e. The third-order valence-electron chi connectivity index (χ3n) is 4.53. The van der Waals surface area contributed by atoms with Crippen molar-refractivity contribution >= 4 is 50.8 Å². The monoisotopic (exact) mass is 461 g/mol. The number of nitrogens with zero attached hydrogens (tertiary/aromatic N) is 2. The largest absolute Gasteiger partial charge is 0.452 e. The molecule has 0 bridgehead atoms. The van der Waals surface area contributed by atoms with E-state index in [4.69, 9.17) is 9.15 Å². The molecule has 0 atom stereocenters. The molecule has 2 aromatic carbocycles. The van der Waals surface area contributed by atoms with E-state index in [1.807, 2.05) is 41.1 Å². The SMILES string of the molecule is O=C(COC(=O)c1ccccc1-c1nc2ccccc2o1)Nc1nc(-c2cccs2)cs1. The van der Waals surface area contributed by atoms with Gasteiger partial charge in [-0.3, -0.25) is 10.1 Å². The molecule has 0 radical (unpaired) electrons. The van der Waals surface area contributed by atoms with Crippen LogP contribution in [0.4, 0.5) is 5.13 Å². The Morgan fingerprint density at radius 1 is 0.969 bits per heavy atom. The third kappa shape index (κ3) is 4.16. The van der Waals surface area contributed by atoms with E-state index in [-0.39, 0.29) is 5.56 Å². The highest BCUT2D eigenvalue weighted by Crippen LogP contribution is 2.29. The number of para-hydroxylation sites is 2. The van der Waals surface area contributed by atoms with Crippen LogP contribution in [0.5, 0.6) is 0 Å². The Labute approximate surface area is 190 Å². The number of carbonyl (C=O) groups excluding carboxylic acids is 2. The topological polar surface area (TPSA) is 94.3 Å². The molecule has 0 fully saturated rings. The van der Waals surface area contributed by atoms with Gasteiger partial charge in [-0.15, -0.1) is 22.7 Å². The molecule has 3 aromatic heterocycles. The van der Waals surface area contributed by atoms with Crippen molar-refractivity contribution in [3.63, 3.8) is 0 Å². The number of fused-ring (bicyclic) bond motifs is 1. The van der Waals surface area contributed by atoms with E-state index >= 15 is 0 Å². The van der Waals surface area contributed by atoms with E-state index in [9.17, 15) is 9.59 Å². The maximum atomic E-state index is 12.7. The van der Waals surface area contributed by atoms with Gasteiger partial charge in [-0.05, 0) is 35.7 Å². The number of thiazole rings is 1. The number of anilines is 1. The second-order valence-corrected chi connectivity index (χ2v) is 8.48. The van der Waals surface area contributed by atoms with E-state index in [0.717, 1.165) is 10.6 Å². The number of benzene rings is 2. The molecule has 0 aliphatic rings. The Balaban J connectivity index is 1.26. The van der Waals surface area contributed by atoms with Crippen LogP contribution in [0.15, 0.2) is 75.8 Å². The second kappa shape index (κ2) is 8.74. The quantitative estimate of drug-likeness (QED) is 0.337. The zero-order valence-electron chi connectivity index (χ0n) is 16.5. The van der Waals surface area contributed by atoms with Gasteiger partial charge in [0.25, 0.3) is 5.91 Å². The lowest BCUT2D eigenvalue weighted by atomic mass is 10.1. The molecule has 0 aliphatic heterocycles. The summed E-state index contributed by atoms with van der Waals surface area (Å²) in [6, 6.07) is 18.1. The van der Waals surface area contributed by atoms with E-state index in [2.05, 4.69) is 15.3 Å². The van der Waals surface area contributed by atoms with E-state index in [1.165, 1.54) is 11.3 Å². The first kappa shape index (κ1) is 20.1. The Kier molecular flexibility index (Phi) is 5.49. The first-order chi connectivity index (χ1) is 15.7. The summed E-state index contributed by atoms with van der Waals surface area (Å²) in [7, 11) is 0. The Morgan fingerprint density at radius 3 is 2.66 bits per heavy atom. The smallest absolute Gasteiger partial charge is 0.339 e. The predicted molar refractivity (Wildman–Crippen MR) is 124 cm³/mol. The fraction of sp³-hybridized carbons (Fsp3) is 0.0435. The number of nitrogens with one attached hydrogen (secondary N) is 1. The van der Waals surface area contributed by atoms with Gasteiger partial charge in [0, 0.05) is 5.38 Å². The standard InChI is InChI=1S/C23H15N3O4S2/c27-20(26-23-25-17(13-32-23)19-10-5-11-31-19)12-29-22(28)15-7-2-1-6-14(15)21-24-16-8-3-4-9-18(16)30-21/h1-11,13H,12H2,(H,25,26,27). The summed E-state index contributed by atoms with van der Waals surface area (Å²) in [5.41, 5.74) is 2.87. The van der Waals surface area contributed by atoms with Crippen molar-refractivity contribution in [3.8, 4) is 22.0 Å². The van der Waals surface area contributed by atoms with Gasteiger partial charge in [-0.1, -0.05) is 30.3 Å². The lowest BCUT2D eigenvalue weighted by Gasteiger charge is -2.07. The summed E-state index contributed by atoms with van der Waals surface area (Å²) in [4.78, 5) is 34.8. The van der Waals surface area contributed by atoms with Crippen molar-refractivity contribution in [2.45, 2.75) is 0 Å². The average molecular weight is 462 g/mol. The molecule has 0 spiro atoms. The van der Waals surface area contributed by atoms with Crippen LogP contribution in [-0.2, 0) is 9.53 Å². The lowest BCUT2D eigenvalue weighted by molar-refractivity contribution is -0.119. The molecule has 158 valence electrons. The molecule has 9 heteroatoms. The second-order valence-electron chi connectivity index (χ2n) is 6.67. The van der Waals surface area contributed by atoms with Crippen molar-refractivity contribution in [1.29, 1.82) is 0 Å². The molecular weight excluding hydrogens is 446 g/mol. The molecule has 5 rings (SSSR count). The minimum absolute atomic E-state index is 0.265. The Hall–Kier alpha value is -3.82. The normalized spacial score (nSPS) is 10.9. The lowest BCUT2D eigenvalue weighted by Crippen LogP contribution is -2.21. The number of aromatic nitrogens is 2. The van der Waals surface area contributed by atoms with Crippen LogP contribution in [-0.4, -0.2) is 28.5 Å². The van der Waals surface area contributed by atoms with Crippen molar-refractivity contribution in [2.24, 2.45) is 0 Å². The molecular formula is C23H15N3O4S2. The summed E-state index contributed by atoms with van der Waals surface area (Å²) in [6.45, 7) is -0.436. The molecule has 7 nitrogen and oxygen atoms in total. The van der Waals surface area contributed by atoms with Crippen molar-refractivity contribution in [2.75, 3.05) is 11.9 Å². The first-order valence-electron chi connectivity index (χ1n) is 9.59. The van der Waals surface area contributed by atoms with Gasteiger partial charge in [-0.25, -0.2) is 14.8 Å². The number of hydrogen-bond donors (Lipinski definition) is 1. The number of amides is 1. The van der Waals surface area contributed by atoms with Gasteiger partial charge >= 0.3 is 5.97 Å². The van der Waals surface area contributed by atoms with E-state index < -0.39 is 18.5 Å². The highest BCUT2D eigenvalue weighted by molar-refractivity contribution is 7.16. The maximum absolute atomic E-state index is 12.7. The highest BCUT2D eigenvalue weighted by atomic mass is 32.1. The van der Waals surface area contributed by atoms with Gasteiger partial charge in [-0.2, -0.15) is 0 Å². The Morgan fingerprint density at radius 2 is 1.81 bits per heavy atom. The van der Waals surface area contributed by atoms with Crippen LogP contribution in [0.25, 0.3) is 33.1 Å². The molecule has 3 heterocycles. The molecule has 0 unspecified atom stereocenters. The minimum atomic E-state index is -0.642. The fourth-order valence-corrected chi connectivity index (χ4v) is 4.56. The summed E-state index contributed by atoms with van der Waals surface area (Å²) < 4.78 is 11.0. The van der Waals surface area contributed by atoms with Crippen LogP contribution < -0.4 is 5.32 Å². The van der Waals surface area contributed by atoms with Gasteiger partial charge in [0.1, 0.15) is 5.52 Å². The van der Waals surface area contributed by atoms with Crippen molar-refractivity contribution in [1.82, 2.24) is 9.97 Å². The summed E-state index contributed by atoms with van der Waals surface area (Å²) >= 11 is 2.88. The molecule has 32 heavy (non-hydrogen) atoms. The number of oxazole rings is 1. The van der Waals surface area contributed by atoms with Crippen molar-refractivity contribution < 1.29 is 18.7 Å². The van der Waals surface area contributed by atoms with Gasteiger partial charge in [0.15, 0.2) is 17.3 Å². The van der Waals surface area contributed by atoms with Crippen LogP contribution in [0.1, 0.15) is 10.4 Å². The number of rotatable bonds is 6. The molecule has 0 aliphatic carbocycles. The van der Waals surface area contributed by atoms with E-state index in [1.54, 1.807) is 41.7 Å². The summed E-state index contributed by atoms with van der Waals surface area (Å²) in [5, 5.41) is 6.93. The number of carbonyl (C=O) groups is 2. The summed E-state index contributed by atoms with van der Waals surface area (Å²) in [6.07, 6.45) is 0. The molecule has 5 aromatic rings. The zero-order valence-corrected chi connectivity index (χ0v) is 18.1. The molecule has 1 amide bonds. The molecule has 0 saturated carbocycles. The first-order valence-corrected chi connectivity index (χ1v) is 11.3. The minimum Gasteiger partial charge on any atom is -0.452 e. The Bertz CT molecular complexity index is 1370. The van der Waals surface area contributed by atoms with Crippen LogP contribution in [0.2, 0.25) is 0 Å². The third-order valence-corrected chi connectivity index (χ3v) is 6.18. The van der Waals surface area contributed by atoms with Crippen LogP contribution in [0.3, 0.4) is 0 Å². The molecule has 1 N–H and O–H groups in total. The van der Waals surface area contributed by atoms with Gasteiger partial charge in [0.05, 0.1) is 21.7 Å². The average Bonchev–Trinajstić information content (AvgIpc) is 3.57. The van der Waals surface area contributed by atoms with Crippen molar-refractivity contribution in [3.05, 3.63) is 77.0 Å². The number of ether oxygens (including phenoxy) is 1. The predicted octanol–water partition coefficient (Wildman–Crippen LogP) is 5.48. The number of thiophene rings is 1. The molecule has 0 saturated heterocycles. The van der Waals surface area contributed by atoms with Crippen LogP contribution >= 0.6 is 22.7 Å². The summed E-state index contributed by atoms with van der Waals surface area (Å²) in [5.74, 6) is -0.798. The number of esters is 1. The fourth-order valence-electron chi connectivity index (χ4n) is 3.07. The van der Waals surface area contributed by atoms with E-state index in [0.29, 0.717) is 27.7 Å². The van der Waals surface area contributed by atoms with Gasteiger partial charge in [0.2, 0.25) is 5.89 Å².